The van der Waals surface area contributed by atoms with Gasteiger partial charge in [-0.2, -0.15) is 18.3 Å². The Balaban J connectivity index is 3.14. The van der Waals surface area contributed by atoms with E-state index in [1.165, 1.54) is 6.92 Å². The van der Waals surface area contributed by atoms with Crippen LogP contribution in [0.5, 0.6) is 0 Å². The number of alkyl halides is 3. The van der Waals surface area contributed by atoms with E-state index >= 15 is 0 Å². The van der Waals surface area contributed by atoms with Gasteiger partial charge in [-0.25, -0.2) is 0 Å². The quantitative estimate of drug-likeness (QED) is 0.637. The molecule has 0 radical (unpaired) electrons. The van der Waals surface area contributed by atoms with Crippen LogP contribution >= 0.6 is 11.6 Å². The molecule has 1 heterocycles. The van der Waals surface area contributed by atoms with Gasteiger partial charge in [0.25, 0.3) is 0 Å². The van der Waals surface area contributed by atoms with Crippen molar-refractivity contribution in [3.63, 3.8) is 0 Å². The second kappa shape index (κ2) is 2.90. The summed E-state index contributed by atoms with van der Waals surface area (Å²) in [7, 11) is 0. The molecule has 1 rings (SSSR count). The van der Waals surface area contributed by atoms with Gasteiger partial charge in [-0.1, -0.05) is 11.6 Å². The fourth-order valence-electron chi connectivity index (χ4n) is 0.569. The number of hydrogen-bond acceptors (Lipinski definition) is 2. The average molecular weight is 197 g/mol. The molecule has 0 saturated carbocycles. The van der Waals surface area contributed by atoms with Crippen molar-refractivity contribution in [3.05, 3.63) is 22.5 Å². The maximum absolute atomic E-state index is 11.9. The van der Waals surface area contributed by atoms with Crippen molar-refractivity contribution < 1.29 is 13.2 Å². The van der Waals surface area contributed by atoms with E-state index in [1.54, 1.807) is 0 Å². The van der Waals surface area contributed by atoms with Gasteiger partial charge in [-0.05, 0) is 13.0 Å². The molecule has 0 saturated heterocycles. The summed E-state index contributed by atoms with van der Waals surface area (Å²) in [5.41, 5.74) is -0.789. The highest BCUT2D eigenvalue weighted by atomic mass is 35.5. The molecule has 0 amide bonds. The summed E-state index contributed by atoms with van der Waals surface area (Å²) in [4.78, 5) is 0. The van der Waals surface area contributed by atoms with Gasteiger partial charge in [0.1, 0.15) is 0 Å². The average Bonchev–Trinajstić information content (AvgIpc) is 1.92. The highest BCUT2D eigenvalue weighted by Gasteiger charge is 2.33. The van der Waals surface area contributed by atoms with Gasteiger partial charge in [0.2, 0.25) is 0 Å². The van der Waals surface area contributed by atoms with Crippen molar-refractivity contribution in [3.8, 4) is 0 Å². The third-order valence-electron chi connectivity index (χ3n) is 1.21. The van der Waals surface area contributed by atoms with E-state index in [2.05, 4.69) is 10.2 Å². The van der Waals surface area contributed by atoms with Crippen LogP contribution in [0.4, 0.5) is 13.2 Å². The van der Waals surface area contributed by atoms with Crippen LogP contribution < -0.4 is 0 Å². The SMILES string of the molecule is Cc1nnc(C(F)(F)F)cc1Cl. The minimum atomic E-state index is -4.48. The third-order valence-corrected chi connectivity index (χ3v) is 1.59. The van der Waals surface area contributed by atoms with Crippen LogP contribution in [0.2, 0.25) is 5.02 Å². The van der Waals surface area contributed by atoms with Crippen molar-refractivity contribution >= 4 is 11.6 Å². The summed E-state index contributed by atoms with van der Waals surface area (Å²) in [5.74, 6) is 0. The predicted octanol–water partition coefficient (Wildman–Crippen LogP) is 2.46. The first-order valence-electron chi connectivity index (χ1n) is 2.98. The Labute approximate surface area is 71.4 Å². The number of nitrogens with zero attached hydrogens (tertiary/aromatic N) is 2. The molecule has 2 nitrogen and oxygen atoms in total. The molecule has 0 N–H and O–H groups in total. The van der Waals surface area contributed by atoms with E-state index in [1.807, 2.05) is 0 Å². The largest absolute Gasteiger partial charge is 0.435 e. The second-order valence-corrected chi connectivity index (χ2v) is 2.57. The van der Waals surface area contributed by atoms with E-state index in [-0.39, 0.29) is 10.7 Å². The van der Waals surface area contributed by atoms with Gasteiger partial charge in [-0.3, -0.25) is 0 Å². The highest BCUT2D eigenvalue weighted by Crippen LogP contribution is 2.28. The molecule has 0 atom stereocenters. The standard InChI is InChI=1S/C6H4ClF3N2/c1-3-4(7)2-5(12-11-3)6(8,9)10/h2H,1H3. The number of hydrogen-bond donors (Lipinski definition) is 0. The molecule has 66 valence electrons. The topological polar surface area (TPSA) is 25.8 Å². The van der Waals surface area contributed by atoms with Crippen LogP contribution in [-0.4, -0.2) is 10.2 Å². The molecular weight excluding hydrogens is 193 g/mol. The molecule has 0 aliphatic heterocycles. The van der Waals surface area contributed by atoms with Crippen LogP contribution in [-0.2, 0) is 6.18 Å². The number of aryl methyl sites for hydroxylation is 1. The summed E-state index contributed by atoms with van der Waals surface area (Å²) < 4.78 is 35.8. The van der Waals surface area contributed by atoms with Crippen molar-refractivity contribution in [2.45, 2.75) is 13.1 Å². The van der Waals surface area contributed by atoms with Crippen LogP contribution in [0, 0.1) is 6.92 Å². The number of halogens is 4. The first kappa shape index (κ1) is 9.25. The Bertz CT molecular complexity index is 297. The molecule has 1 aromatic heterocycles. The molecule has 0 aromatic carbocycles. The first-order chi connectivity index (χ1) is 5.41. The minimum Gasteiger partial charge on any atom is -0.164 e. The lowest BCUT2D eigenvalue weighted by molar-refractivity contribution is -0.141. The summed E-state index contributed by atoms with van der Waals surface area (Å²) in [6.07, 6.45) is -4.48. The smallest absolute Gasteiger partial charge is 0.164 e. The Kier molecular flexibility index (Phi) is 2.23. The molecular formula is C6H4ClF3N2. The summed E-state index contributed by atoms with van der Waals surface area (Å²) in [5, 5.41) is 6.16. The van der Waals surface area contributed by atoms with Gasteiger partial charge in [0, 0.05) is 0 Å². The van der Waals surface area contributed by atoms with Crippen LogP contribution in [0.25, 0.3) is 0 Å². The van der Waals surface area contributed by atoms with E-state index in [0.717, 1.165) is 6.07 Å². The normalized spacial score (nSPS) is 11.8. The fourth-order valence-corrected chi connectivity index (χ4v) is 0.710. The zero-order chi connectivity index (χ0) is 9.35. The Morgan fingerprint density at radius 1 is 1.33 bits per heavy atom. The molecule has 12 heavy (non-hydrogen) atoms. The lowest BCUT2D eigenvalue weighted by atomic mass is 10.3. The maximum Gasteiger partial charge on any atom is 0.435 e. The molecule has 0 bridgehead atoms. The minimum absolute atomic E-state index is 0.0303. The van der Waals surface area contributed by atoms with Gasteiger partial charge < -0.3 is 0 Å². The molecule has 0 fully saturated rings. The molecule has 0 aliphatic carbocycles. The molecule has 0 spiro atoms. The Morgan fingerprint density at radius 2 is 1.92 bits per heavy atom. The van der Waals surface area contributed by atoms with Crippen LogP contribution in [0.15, 0.2) is 6.07 Å². The van der Waals surface area contributed by atoms with Crippen molar-refractivity contribution in [1.82, 2.24) is 10.2 Å². The summed E-state index contributed by atoms with van der Waals surface area (Å²) in [6.45, 7) is 1.48. The van der Waals surface area contributed by atoms with E-state index in [4.69, 9.17) is 11.6 Å². The third kappa shape index (κ3) is 1.85. The Hall–Kier alpha value is -0.840. The van der Waals surface area contributed by atoms with E-state index in [0.29, 0.717) is 0 Å². The number of rotatable bonds is 0. The maximum atomic E-state index is 11.9. The zero-order valence-electron chi connectivity index (χ0n) is 5.98. The monoisotopic (exact) mass is 196 g/mol. The Morgan fingerprint density at radius 3 is 2.33 bits per heavy atom. The van der Waals surface area contributed by atoms with Gasteiger partial charge >= 0.3 is 6.18 Å². The van der Waals surface area contributed by atoms with E-state index < -0.39 is 11.9 Å². The number of aromatic nitrogens is 2. The van der Waals surface area contributed by atoms with Crippen molar-refractivity contribution in [1.29, 1.82) is 0 Å². The molecule has 1 aromatic rings. The van der Waals surface area contributed by atoms with Crippen molar-refractivity contribution in [2.75, 3.05) is 0 Å². The van der Waals surface area contributed by atoms with Gasteiger partial charge in [0.15, 0.2) is 5.69 Å². The van der Waals surface area contributed by atoms with Gasteiger partial charge in [0.05, 0.1) is 10.7 Å². The zero-order valence-corrected chi connectivity index (χ0v) is 6.74. The second-order valence-electron chi connectivity index (χ2n) is 2.16. The lowest BCUT2D eigenvalue weighted by Gasteiger charge is -2.04. The highest BCUT2D eigenvalue weighted by molar-refractivity contribution is 6.31. The predicted molar refractivity (Wildman–Crippen MR) is 36.8 cm³/mol. The molecule has 6 heteroatoms. The van der Waals surface area contributed by atoms with E-state index in [9.17, 15) is 13.2 Å². The van der Waals surface area contributed by atoms with Crippen LogP contribution in [0.1, 0.15) is 11.4 Å². The van der Waals surface area contributed by atoms with Crippen LogP contribution in [0.3, 0.4) is 0 Å². The summed E-state index contributed by atoms with van der Waals surface area (Å²) >= 11 is 5.42. The summed E-state index contributed by atoms with van der Waals surface area (Å²) in [6, 6.07) is 0.754. The van der Waals surface area contributed by atoms with Gasteiger partial charge in [-0.15, -0.1) is 5.10 Å². The molecule has 0 unspecified atom stereocenters. The van der Waals surface area contributed by atoms with Crippen molar-refractivity contribution in [2.24, 2.45) is 0 Å². The molecule has 0 aliphatic rings. The fraction of sp³-hybridized carbons (Fsp3) is 0.333. The first-order valence-corrected chi connectivity index (χ1v) is 3.36. The lowest BCUT2D eigenvalue weighted by Crippen LogP contribution is -2.09.